The lowest BCUT2D eigenvalue weighted by Crippen LogP contribution is -2.38. The smallest absolute Gasteiger partial charge is 0.310 e. The van der Waals surface area contributed by atoms with Crippen molar-refractivity contribution in [2.45, 2.75) is 26.4 Å². The number of methoxy groups -OCH3 is 1. The van der Waals surface area contributed by atoms with Gasteiger partial charge in [-0.2, -0.15) is 0 Å². The fourth-order valence-corrected chi connectivity index (χ4v) is 3.59. The second-order valence-electron chi connectivity index (χ2n) is 4.77. The van der Waals surface area contributed by atoms with Crippen molar-refractivity contribution in [2.24, 2.45) is 5.41 Å². The Kier molecular flexibility index (Phi) is 4.16. The maximum absolute atomic E-state index is 12.0. The van der Waals surface area contributed by atoms with E-state index in [0.717, 1.165) is 0 Å². The Morgan fingerprint density at radius 1 is 1.59 bits per heavy atom. The van der Waals surface area contributed by atoms with Gasteiger partial charge in [0.05, 0.1) is 17.3 Å². The van der Waals surface area contributed by atoms with Crippen LogP contribution in [0.3, 0.4) is 0 Å². The highest BCUT2D eigenvalue weighted by molar-refractivity contribution is 7.89. The molecule has 0 aromatic rings. The van der Waals surface area contributed by atoms with Crippen LogP contribution in [0.25, 0.3) is 0 Å². The van der Waals surface area contributed by atoms with E-state index in [4.69, 9.17) is 9.84 Å². The van der Waals surface area contributed by atoms with Crippen LogP contribution in [0.2, 0.25) is 0 Å². The number of carbonyl (C=O) groups is 1. The largest absolute Gasteiger partial charge is 0.481 e. The predicted molar refractivity (Wildman–Crippen MR) is 62.2 cm³/mol. The fraction of sp³-hybridized carbons (Fsp3) is 0.900. The average molecular weight is 265 g/mol. The van der Waals surface area contributed by atoms with Gasteiger partial charge in [-0.3, -0.25) is 4.79 Å². The highest BCUT2D eigenvalue weighted by Gasteiger charge is 2.44. The van der Waals surface area contributed by atoms with E-state index >= 15 is 0 Å². The minimum absolute atomic E-state index is 0.0428. The third kappa shape index (κ3) is 3.17. The first-order chi connectivity index (χ1) is 7.71. The lowest BCUT2D eigenvalue weighted by Gasteiger charge is -2.21. The van der Waals surface area contributed by atoms with Gasteiger partial charge in [0.15, 0.2) is 0 Å². The number of hydrogen-bond acceptors (Lipinski definition) is 4. The molecular weight excluding hydrogens is 246 g/mol. The van der Waals surface area contributed by atoms with Crippen LogP contribution < -0.4 is 0 Å². The Labute approximate surface area is 102 Å². The zero-order valence-corrected chi connectivity index (χ0v) is 11.2. The molecule has 1 aliphatic heterocycles. The summed E-state index contributed by atoms with van der Waals surface area (Å²) in [5, 5.41) is 9.04. The molecule has 0 saturated carbocycles. The van der Waals surface area contributed by atoms with Crippen LogP contribution >= 0.6 is 0 Å². The molecule has 1 heterocycles. The highest BCUT2D eigenvalue weighted by Crippen LogP contribution is 2.32. The molecule has 1 fully saturated rings. The summed E-state index contributed by atoms with van der Waals surface area (Å²) in [6, 6.07) is 0. The molecule has 1 saturated heterocycles. The van der Waals surface area contributed by atoms with E-state index in [1.807, 2.05) is 0 Å². The van der Waals surface area contributed by atoms with Crippen LogP contribution in [0.5, 0.6) is 0 Å². The Balaban J connectivity index is 2.74. The number of nitrogens with zero attached hydrogens (tertiary/aromatic N) is 1. The van der Waals surface area contributed by atoms with Gasteiger partial charge in [0.2, 0.25) is 10.0 Å². The summed E-state index contributed by atoms with van der Waals surface area (Å²) < 4.78 is 30.1. The summed E-state index contributed by atoms with van der Waals surface area (Å²) in [7, 11) is -1.98. The van der Waals surface area contributed by atoms with Gasteiger partial charge in [-0.15, -0.1) is 0 Å². The maximum Gasteiger partial charge on any atom is 0.310 e. The third-order valence-corrected chi connectivity index (χ3v) is 5.18. The van der Waals surface area contributed by atoms with Crippen molar-refractivity contribution in [3.63, 3.8) is 0 Å². The number of ether oxygens (including phenoxy) is 1. The van der Waals surface area contributed by atoms with Crippen LogP contribution in [0.15, 0.2) is 0 Å². The average Bonchev–Trinajstić information content (AvgIpc) is 2.62. The molecule has 0 aromatic heterocycles. The fourth-order valence-electron chi connectivity index (χ4n) is 1.80. The number of carboxylic acid groups (broad SMARTS) is 1. The Morgan fingerprint density at radius 2 is 2.18 bits per heavy atom. The topological polar surface area (TPSA) is 83.9 Å². The lowest BCUT2D eigenvalue weighted by atomic mass is 9.90. The third-order valence-electron chi connectivity index (χ3n) is 3.20. The zero-order chi connectivity index (χ0) is 13.3. The molecule has 7 heteroatoms. The molecule has 0 aromatic carbocycles. The van der Waals surface area contributed by atoms with E-state index in [0.29, 0.717) is 6.42 Å². The molecule has 100 valence electrons. The van der Waals surface area contributed by atoms with Gasteiger partial charge < -0.3 is 9.84 Å². The van der Waals surface area contributed by atoms with Crippen LogP contribution in [0.1, 0.15) is 20.3 Å². The number of carboxylic acids is 1. The normalized spacial score (nSPS) is 28.2. The molecule has 0 bridgehead atoms. The Bertz CT molecular complexity index is 394. The molecule has 6 nitrogen and oxygen atoms in total. The monoisotopic (exact) mass is 265 g/mol. The van der Waals surface area contributed by atoms with Crippen molar-refractivity contribution in [2.75, 3.05) is 26.0 Å². The quantitative estimate of drug-likeness (QED) is 0.765. The molecule has 17 heavy (non-hydrogen) atoms. The molecule has 1 aliphatic rings. The SMILES string of the molecule is COC(C)CS(=O)(=O)N1CCC(C)(C(=O)O)C1. The molecule has 2 atom stereocenters. The van der Waals surface area contributed by atoms with E-state index in [1.165, 1.54) is 11.4 Å². The first kappa shape index (κ1) is 14.4. The van der Waals surface area contributed by atoms with Crippen molar-refractivity contribution in [3.05, 3.63) is 0 Å². The second-order valence-corrected chi connectivity index (χ2v) is 6.79. The van der Waals surface area contributed by atoms with E-state index in [2.05, 4.69) is 0 Å². The molecule has 2 unspecified atom stereocenters. The summed E-state index contributed by atoms with van der Waals surface area (Å²) in [5.74, 6) is -1.06. The van der Waals surface area contributed by atoms with Gasteiger partial charge in [-0.05, 0) is 20.3 Å². The van der Waals surface area contributed by atoms with E-state index in [1.54, 1.807) is 13.8 Å². The number of sulfonamides is 1. The molecule has 0 spiro atoms. The molecular formula is C10H19NO5S. The summed E-state index contributed by atoms with van der Waals surface area (Å²) in [6.07, 6.45) is -0.0418. The van der Waals surface area contributed by atoms with Gasteiger partial charge in [-0.1, -0.05) is 0 Å². The first-order valence-electron chi connectivity index (χ1n) is 5.45. The molecule has 1 N–H and O–H groups in total. The highest BCUT2D eigenvalue weighted by atomic mass is 32.2. The van der Waals surface area contributed by atoms with Crippen molar-refractivity contribution in [1.82, 2.24) is 4.31 Å². The molecule has 0 radical (unpaired) electrons. The van der Waals surface area contributed by atoms with E-state index in [9.17, 15) is 13.2 Å². The minimum atomic E-state index is -3.43. The zero-order valence-electron chi connectivity index (χ0n) is 10.3. The lowest BCUT2D eigenvalue weighted by molar-refractivity contribution is -0.146. The van der Waals surface area contributed by atoms with Gasteiger partial charge >= 0.3 is 5.97 Å². The van der Waals surface area contributed by atoms with Crippen LogP contribution in [0, 0.1) is 5.41 Å². The minimum Gasteiger partial charge on any atom is -0.481 e. The summed E-state index contributed by atoms with van der Waals surface area (Å²) in [6.45, 7) is 3.55. The van der Waals surface area contributed by atoms with Crippen molar-refractivity contribution < 1.29 is 23.1 Å². The Hall–Kier alpha value is -0.660. The number of aliphatic carboxylic acids is 1. The van der Waals surface area contributed by atoms with Crippen LogP contribution in [-0.4, -0.2) is 55.9 Å². The van der Waals surface area contributed by atoms with E-state index < -0.39 is 27.5 Å². The van der Waals surface area contributed by atoms with Crippen LogP contribution in [-0.2, 0) is 19.6 Å². The standard InChI is InChI=1S/C10H19NO5S/c1-8(16-3)6-17(14,15)11-5-4-10(2,7-11)9(12)13/h8H,4-7H2,1-3H3,(H,12,13). The molecule has 0 aliphatic carbocycles. The van der Waals surface area contributed by atoms with E-state index in [-0.39, 0.29) is 18.8 Å². The second kappa shape index (κ2) is 4.91. The van der Waals surface area contributed by atoms with Gasteiger partial charge in [0.1, 0.15) is 0 Å². The molecule has 0 amide bonds. The first-order valence-corrected chi connectivity index (χ1v) is 7.06. The predicted octanol–water partition coefficient (Wildman–Crippen LogP) is 0.148. The number of hydrogen-bond donors (Lipinski definition) is 1. The summed E-state index contributed by atoms with van der Waals surface area (Å²) >= 11 is 0. The summed E-state index contributed by atoms with van der Waals surface area (Å²) in [5.41, 5.74) is -0.969. The number of rotatable bonds is 5. The summed E-state index contributed by atoms with van der Waals surface area (Å²) in [4.78, 5) is 11.0. The van der Waals surface area contributed by atoms with Gasteiger partial charge in [-0.25, -0.2) is 12.7 Å². The van der Waals surface area contributed by atoms with Crippen molar-refractivity contribution in [1.29, 1.82) is 0 Å². The maximum atomic E-state index is 12.0. The molecule has 1 rings (SSSR count). The van der Waals surface area contributed by atoms with Crippen molar-refractivity contribution in [3.8, 4) is 0 Å². The van der Waals surface area contributed by atoms with Crippen LogP contribution in [0.4, 0.5) is 0 Å². The Morgan fingerprint density at radius 3 is 2.59 bits per heavy atom. The van der Waals surface area contributed by atoms with Gasteiger partial charge in [0.25, 0.3) is 0 Å². The van der Waals surface area contributed by atoms with Gasteiger partial charge in [0, 0.05) is 20.2 Å². The van der Waals surface area contributed by atoms with Crippen molar-refractivity contribution >= 4 is 16.0 Å².